The van der Waals surface area contributed by atoms with Crippen molar-refractivity contribution in [2.45, 2.75) is 33.2 Å². The van der Waals surface area contributed by atoms with Crippen molar-refractivity contribution < 1.29 is 14.4 Å². The molecule has 1 aliphatic rings. The van der Waals surface area contributed by atoms with Crippen molar-refractivity contribution in [1.29, 1.82) is 0 Å². The average Bonchev–Trinajstić information content (AvgIpc) is 2.85. The number of benzene rings is 2. The highest BCUT2D eigenvalue weighted by Crippen LogP contribution is 2.31. The number of halogens is 1. The highest BCUT2D eigenvalue weighted by molar-refractivity contribution is 6.35. The quantitative estimate of drug-likeness (QED) is 0.770. The minimum absolute atomic E-state index is 0. The number of fused-ring (bicyclic) bond motifs is 1. The number of carbonyl (C=O) groups is 3. The second kappa shape index (κ2) is 7.73. The average molecular weight is 402 g/mol. The zero-order valence-corrected chi connectivity index (χ0v) is 17.1. The molecule has 1 heterocycles. The number of amides is 3. The van der Waals surface area contributed by atoms with Crippen LogP contribution in [-0.2, 0) is 0 Å². The van der Waals surface area contributed by atoms with E-state index in [0.717, 1.165) is 11.1 Å². The van der Waals surface area contributed by atoms with E-state index in [1.54, 1.807) is 19.9 Å². The first-order valence-electron chi connectivity index (χ1n) is 8.76. The smallest absolute Gasteiger partial charge is 0.266 e. The lowest BCUT2D eigenvalue weighted by Crippen LogP contribution is -2.45. The molecule has 0 spiro atoms. The van der Waals surface area contributed by atoms with E-state index < -0.39 is 11.4 Å². The molecule has 28 heavy (non-hydrogen) atoms. The Bertz CT molecular complexity index is 964. The first kappa shape index (κ1) is 21.6. The maximum atomic E-state index is 12.9. The topological polar surface area (TPSA) is 92.5 Å². The fraction of sp³-hybridized carbons (Fsp3) is 0.286. The van der Waals surface area contributed by atoms with E-state index in [-0.39, 0.29) is 29.8 Å². The van der Waals surface area contributed by atoms with Crippen molar-refractivity contribution in [2.75, 3.05) is 11.4 Å². The summed E-state index contributed by atoms with van der Waals surface area (Å²) in [7, 11) is 0. The van der Waals surface area contributed by atoms with Gasteiger partial charge in [-0.3, -0.25) is 14.4 Å². The molecule has 2 aromatic carbocycles. The highest BCUT2D eigenvalue weighted by atomic mass is 35.5. The Morgan fingerprint density at radius 2 is 1.68 bits per heavy atom. The van der Waals surface area contributed by atoms with E-state index in [1.165, 1.54) is 17.0 Å². The summed E-state index contributed by atoms with van der Waals surface area (Å²) in [5, 5.41) is 2.74. The minimum Gasteiger partial charge on any atom is -0.350 e. The van der Waals surface area contributed by atoms with Crippen molar-refractivity contribution in [2.24, 2.45) is 5.73 Å². The van der Waals surface area contributed by atoms with Gasteiger partial charge in [0.05, 0.1) is 16.8 Å². The van der Waals surface area contributed by atoms with Crippen LogP contribution in [0.1, 0.15) is 56.0 Å². The van der Waals surface area contributed by atoms with Crippen molar-refractivity contribution in [1.82, 2.24) is 5.32 Å². The van der Waals surface area contributed by atoms with Gasteiger partial charge in [0.1, 0.15) is 0 Å². The van der Waals surface area contributed by atoms with Crippen LogP contribution in [0, 0.1) is 13.8 Å². The molecule has 0 aromatic heterocycles. The van der Waals surface area contributed by atoms with E-state index in [0.29, 0.717) is 23.4 Å². The fourth-order valence-electron chi connectivity index (χ4n) is 2.97. The van der Waals surface area contributed by atoms with Crippen LogP contribution in [0.15, 0.2) is 36.4 Å². The van der Waals surface area contributed by atoms with E-state index in [4.69, 9.17) is 5.73 Å². The number of nitrogens with one attached hydrogen (secondary N) is 1. The lowest BCUT2D eigenvalue weighted by Gasteiger charge is -2.18. The zero-order valence-electron chi connectivity index (χ0n) is 16.3. The molecule has 3 amide bonds. The number of hydrogen-bond donors (Lipinski definition) is 2. The molecule has 0 radical (unpaired) electrons. The molecule has 0 saturated heterocycles. The van der Waals surface area contributed by atoms with Crippen LogP contribution in [0.5, 0.6) is 0 Å². The molecule has 0 aliphatic carbocycles. The molecule has 6 nitrogen and oxygen atoms in total. The maximum Gasteiger partial charge on any atom is 0.266 e. The van der Waals surface area contributed by atoms with Crippen molar-refractivity contribution in [3.8, 4) is 0 Å². The van der Waals surface area contributed by atoms with Gasteiger partial charge in [-0.2, -0.15) is 0 Å². The Hall–Kier alpha value is -2.70. The standard InChI is InChI=1S/C21H23N3O3.ClH/c1-12-5-6-13(2)17(9-12)24-19(26)15-8-7-14(10-16(15)20(24)27)18(25)23-11-21(3,4)22;/h5-10H,11,22H2,1-4H3,(H,23,25);1H. The van der Waals surface area contributed by atoms with Gasteiger partial charge in [-0.05, 0) is 63.1 Å². The first-order valence-corrected chi connectivity index (χ1v) is 8.76. The van der Waals surface area contributed by atoms with Gasteiger partial charge < -0.3 is 11.1 Å². The number of anilines is 1. The molecule has 0 saturated carbocycles. The van der Waals surface area contributed by atoms with Gasteiger partial charge in [-0.15, -0.1) is 12.4 Å². The molecule has 148 valence electrons. The number of nitrogens with two attached hydrogens (primary N) is 1. The van der Waals surface area contributed by atoms with Crippen molar-refractivity contribution in [3.63, 3.8) is 0 Å². The van der Waals surface area contributed by atoms with Gasteiger partial charge in [0.2, 0.25) is 0 Å². The lowest BCUT2D eigenvalue weighted by atomic mass is 10.0. The van der Waals surface area contributed by atoms with Gasteiger partial charge in [0, 0.05) is 17.6 Å². The number of rotatable bonds is 4. The molecule has 7 heteroatoms. The van der Waals surface area contributed by atoms with Crippen LogP contribution in [-0.4, -0.2) is 29.8 Å². The van der Waals surface area contributed by atoms with Gasteiger partial charge in [0.25, 0.3) is 17.7 Å². The number of carbonyl (C=O) groups excluding carboxylic acids is 3. The summed E-state index contributed by atoms with van der Waals surface area (Å²) in [5.41, 5.74) is 8.55. The van der Waals surface area contributed by atoms with Gasteiger partial charge in [-0.1, -0.05) is 12.1 Å². The van der Waals surface area contributed by atoms with Crippen LogP contribution >= 0.6 is 12.4 Å². The van der Waals surface area contributed by atoms with Crippen LogP contribution in [0.4, 0.5) is 5.69 Å². The normalized spacial score (nSPS) is 13.2. The molecule has 2 aromatic rings. The second-order valence-electron chi connectivity index (χ2n) is 7.67. The summed E-state index contributed by atoms with van der Waals surface area (Å²) in [4.78, 5) is 39.2. The summed E-state index contributed by atoms with van der Waals surface area (Å²) in [6.07, 6.45) is 0. The molecule has 0 fully saturated rings. The molecular weight excluding hydrogens is 378 g/mol. The predicted molar refractivity (Wildman–Crippen MR) is 111 cm³/mol. The largest absolute Gasteiger partial charge is 0.350 e. The highest BCUT2D eigenvalue weighted by Gasteiger charge is 2.37. The Morgan fingerprint density at radius 1 is 1.04 bits per heavy atom. The predicted octanol–water partition coefficient (Wildman–Crippen LogP) is 2.99. The summed E-state index contributed by atoms with van der Waals surface area (Å²) in [5.74, 6) is -1.13. The first-order chi connectivity index (χ1) is 12.6. The third-order valence-electron chi connectivity index (χ3n) is 4.46. The number of imide groups is 1. The summed E-state index contributed by atoms with van der Waals surface area (Å²) in [6, 6.07) is 10.2. The van der Waals surface area contributed by atoms with Crippen molar-refractivity contribution in [3.05, 3.63) is 64.2 Å². The summed E-state index contributed by atoms with van der Waals surface area (Å²) < 4.78 is 0. The molecular formula is C21H24ClN3O3. The van der Waals surface area contributed by atoms with Crippen LogP contribution in [0.3, 0.4) is 0 Å². The Labute approximate surface area is 170 Å². The van der Waals surface area contributed by atoms with E-state index in [2.05, 4.69) is 5.32 Å². The van der Waals surface area contributed by atoms with E-state index in [1.807, 2.05) is 32.0 Å². The van der Waals surface area contributed by atoms with Crippen molar-refractivity contribution >= 4 is 35.8 Å². The SMILES string of the molecule is Cc1ccc(C)c(N2C(=O)c3ccc(C(=O)NCC(C)(C)N)cc3C2=O)c1.Cl. The van der Waals surface area contributed by atoms with Gasteiger partial charge in [0.15, 0.2) is 0 Å². The Balaban J connectivity index is 0.00000280. The Kier molecular flexibility index (Phi) is 5.97. The third kappa shape index (κ3) is 4.08. The fourth-order valence-corrected chi connectivity index (χ4v) is 2.97. The molecule has 3 N–H and O–H groups in total. The number of aryl methyl sites for hydroxylation is 2. The number of nitrogens with zero attached hydrogens (tertiary/aromatic N) is 1. The van der Waals surface area contributed by atoms with Gasteiger partial charge >= 0.3 is 0 Å². The molecule has 1 aliphatic heterocycles. The second-order valence-corrected chi connectivity index (χ2v) is 7.67. The number of hydrogen-bond acceptors (Lipinski definition) is 4. The molecule has 3 rings (SSSR count). The zero-order chi connectivity index (χ0) is 19.9. The monoisotopic (exact) mass is 401 g/mol. The van der Waals surface area contributed by atoms with Crippen LogP contribution < -0.4 is 16.0 Å². The van der Waals surface area contributed by atoms with Gasteiger partial charge in [-0.25, -0.2) is 4.90 Å². The maximum absolute atomic E-state index is 12.9. The molecule has 0 unspecified atom stereocenters. The summed E-state index contributed by atoms with van der Waals surface area (Å²) in [6.45, 7) is 7.67. The summed E-state index contributed by atoms with van der Waals surface area (Å²) >= 11 is 0. The lowest BCUT2D eigenvalue weighted by molar-refractivity contribution is 0.0923. The molecule has 0 bridgehead atoms. The Morgan fingerprint density at radius 3 is 2.32 bits per heavy atom. The minimum atomic E-state index is -0.544. The van der Waals surface area contributed by atoms with E-state index >= 15 is 0 Å². The molecule has 0 atom stereocenters. The third-order valence-corrected chi connectivity index (χ3v) is 4.46. The van der Waals surface area contributed by atoms with Crippen LogP contribution in [0.2, 0.25) is 0 Å². The van der Waals surface area contributed by atoms with E-state index in [9.17, 15) is 14.4 Å². The van der Waals surface area contributed by atoms with Crippen LogP contribution in [0.25, 0.3) is 0 Å².